The number of carbonyl (C=O) groups excluding carboxylic acids is 1. The van der Waals surface area contributed by atoms with Crippen LogP contribution in [0.1, 0.15) is 22.5 Å². The molecule has 8 nitrogen and oxygen atoms in total. The Morgan fingerprint density at radius 1 is 1.27 bits per heavy atom. The fourth-order valence-electron chi connectivity index (χ4n) is 3.54. The number of rotatable bonds is 5. The molecule has 1 amide bonds. The molecule has 3 aromatic rings. The van der Waals surface area contributed by atoms with Gasteiger partial charge in [0.15, 0.2) is 5.69 Å². The van der Waals surface area contributed by atoms with Gasteiger partial charge in [-0.05, 0) is 36.2 Å². The van der Waals surface area contributed by atoms with E-state index in [0.29, 0.717) is 30.5 Å². The first-order valence-electron chi connectivity index (χ1n) is 9.76. The fourth-order valence-corrected chi connectivity index (χ4v) is 3.54. The molecule has 0 radical (unpaired) electrons. The summed E-state index contributed by atoms with van der Waals surface area (Å²) in [5.41, 5.74) is 0.959. The summed E-state index contributed by atoms with van der Waals surface area (Å²) >= 11 is 0. The summed E-state index contributed by atoms with van der Waals surface area (Å²) in [6.45, 7) is 0.970. The van der Waals surface area contributed by atoms with E-state index in [1.54, 1.807) is 30.0 Å². The van der Waals surface area contributed by atoms with Crippen LogP contribution in [0.5, 0.6) is 5.75 Å². The van der Waals surface area contributed by atoms with Gasteiger partial charge in [0.1, 0.15) is 5.75 Å². The third kappa shape index (κ3) is 4.05. The average molecular weight is 409 g/mol. The summed E-state index contributed by atoms with van der Waals surface area (Å²) in [4.78, 5) is 25.8. The van der Waals surface area contributed by atoms with Gasteiger partial charge in [-0.15, -0.1) is 0 Å². The van der Waals surface area contributed by atoms with E-state index in [9.17, 15) is 14.7 Å². The third-order valence-corrected chi connectivity index (χ3v) is 5.21. The predicted octanol–water partition coefficient (Wildman–Crippen LogP) is 1.33. The number of ether oxygens (including phenoxy) is 2. The standard InChI is InChI=1S/C22H23N3O5/c1-29-15-8-6-14(7-9-15)12-25-18-5-3-2-4-16(18)21(27)20(24-25)22(28)23-17-10-11-30-13-19(17)26/h2-9,17,19,26H,10-13H2,1H3,(H,23,28)/t17?,19-/m0/s1. The number of nitrogens with zero attached hydrogens (tertiary/aromatic N) is 2. The molecule has 30 heavy (non-hydrogen) atoms. The number of para-hydroxylation sites is 1. The number of aromatic nitrogens is 2. The van der Waals surface area contributed by atoms with E-state index in [2.05, 4.69) is 10.4 Å². The largest absolute Gasteiger partial charge is 0.497 e. The molecule has 8 heteroatoms. The lowest BCUT2D eigenvalue weighted by Crippen LogP contribution is -2.49. The van der Waals surface area contributed by atoms with Crippen LogP contribution in [0.4, 0.5) is 0 Å². The molecule has 2 aromatic carbocycles. The van der Waals surface area contributed by atoms with Gasteiger partial charge in [0.05, 0.1) is 37.9 Å². The van der Waals surface area contributed by atoms with Gasteiger partial charge < -0.3 is 19.9 Å². The lowest BCUT2D eigenvalue weighted by Gasteiger charge is -2.28. The molecule has 2 heterocycles. The van der Waals surface area contributed by atoms with E-state index in [1.807, 2.05) is 30.3 Å². The Kier molecular flexibility index (Phi) is 5.78. The van der Waals surface area contributed by atoms with Crippen LogP contribution in [0.25, 0.3) is 10.9 Å². The number of amides is 1. The first-order valence-corrected chi connectivity index (χ1v) is 9.76. The molecule has 2 atom stereocenters. The van der Waals surface area contributed by atoms with Gasteiger partial charge in [-0.2, -0.15) is 5.10 Å². The minimum Gasteiger partial charge on any atom is -0.497 e. The Balaban J connectivity index is 1.70. The Morgan fingerprint density at radius 2 is 2.03 bits per heavy atom. The van der Waals surface area contributed by atoms with Crippen molar-refractivity contribution in [3.8, 4) is 5.75 Å². The number of aliphatic hydroxyl groups is 1. The van der Waals surface area contributed by atoms with Gasteiger partial charge in [-0.25, -0.2) is 0 Å². The van der Waals surface area contributed by atoms with Crippen molar-refractivity contribution in [1.82, 2.24) is 15.1 Å². The molecule has 4 rings (SSSR count). The number of benzene rings is 2. The Bertz CT molecular complexity index is 1110. The van der Waals surface area contributed by atoms with Gasteiger partial charge in [0.2, 0.25) is 5.43 Å². The zero-order valence-electron chi connectivity index (χ0n) is 16.6. The van der Waals surface area contributed by atoms with Crippen LogP contribution in [0, 0.1) is 0 Å². The van der Waals surface area contributed by atoms with E-state index in [0.717, 1.165) is 11.3 Å². The number of aliphatic hydroxyl groups excluding tert-OH is 1. The van der Waals surface area contributed by atoms with E-state index in [-0.39, 0.29) is 12.3 Å². The van der Waals surface area contributed by atoms with E-state index in [1.165, 1.54) is 0 Å². The maximum atomic E-state index is 12.9. The normalized spacial score (nSPS) is 18.9. The van der Waals surface area contributed by atoms with Crippen molar-refractivity contribution in [3.05, 3.63) is 70.0 Å². The fraction of sp³-hybridized carbons (Fsp3) is 0.318. The molecule has 2 N–H and O–H groups in total. The molecule has 0 aliphatic carbocycles. The predicted molar refractivity (Wildman–Crippen MR) is 111 cm³/mol. The molecule has 0 spiro atoms. The number of fused-ring (bicyclic) bond motifs is 1. The lowest BCUT2D eigenvalue weighted by molar-refractivity contribution is -0.0261. The quantitative estimate of drug-likeness (QED) is 0.659. The number of hydrogen-bond donors (Lipinski definition) is 2. The van der Waals surface area contributed by atoms with Crippen molar-refractivity contribution in [2.45, 2.75) is 25.1 Å². The number of carbonyl (C=O) groups is 1. The molecular weight excluding hydrogens is 386 g/mol. The number of methoxy groups -OCH3 is 1. The summed E-state index contributed by atoms with van der Waals surface area (Å²) in [6, 6.07) is 14.1. The van der Waals surface area contributed by atoms with E-state index in [4.69, 9.17) is 9.47 Å². The van der Waals surface area contributed by atoms with E-state index >= 15 is 0 Å². The van der Waals surface area contributed by atoms with Crippen molar-refractivity contribution < 1.29 is 19.4 Å². The second-order valence-corrected chi connectivity index (χ2v) is 7.21. The molecule has 1 aliphatic rings. The summed E-state index contributed by atoms with van der Waals surface area (Å²) in [5.74, 6) is 0.145. The topological polar surface area (TPSA) is 103 Å². The second kappa shape index (κ2) is 8.64. The van der Waals surface area contributed by atoms with Gasteiger partial charge in [-0.3, -0.25) is 14.3 Å². The molecule has 0 bridgehead atoms. The van der Waals surface area contributed by atoms with Crippen LogP contribution in [0.15, 0.2) is 53.3 Å². The zero-order valence-corrected chi connectivity index (χ0v) is 16.6. The van der Waals surface area contributed by atoms with Gasteiger partial charge in [-0.1, -0.05) is 24.3 Å². The van der Waals surface area contributed by atoms with Crippen molar-refractivity contribution in [2.75, 3.05) is 20.3 Å². The monoisotopic (exact) mass is 409 g/mol. The molecule has 1 aliphatic heterocycles. The average Bonchev–Trinajstić information content (AvgIpc) is 2.77. The highest BCUT2D eigenvalue weighted by Gasteiger charge is 2.27. The highest BCUT2D eigenvalue weighted by Crippen LogP contribution is 2.16. The van der Waals surface area contributed by atoms with Gasteiger partial charge in [0, 0.05) is 12.0 Å². The summed E-state index contributed by atoms with van der Waals surface area (Å²) in [5, 5.41) is 17.6. The van der Waals surface area contributed by atoms with E-state index < -0.39 is 23.5 Å². The van der Waals surface area contributed by atoms with Crippen molar-refractivity contribution >= 4 is 16.8 Å². The maximum Gasteiger partial charge on any atom is 0.276 e. The van der Waals surface area contributed by atoms with Crippen LogP contribution >= 0.6 is 0 Å². The Hall–Kier alpha value is -3.23. The van der Waals surface area contributed by atoms with Crippen molar-refractivity contribution in [2.24, 2.45) is 0 Å². The summed E-state index contributed by atoms with van der Waals surface area (Å²) in [6.07, 6.45) is -0.342. The lowest BCUT2D eigenvalue weighted by atomic mass is 10.1. The molecule has 1 fully saturated rings. The molecule has 1 unspecified atom stereocenters. The van der Waals surface area contributed by atoms with Crippen LogP contribution in [0.2, 0.25) is 0 Å². The van der Waals surface area contributed by atoms with Crippen molar-refractivity contribution in [1.29, 1.82) is 0 Å². The number of nitrogens with one attached hydrogen (secondary N) is 1. The highest BCUT2D eigenvalue weighted by molar-refractivity contribution is 5.95. The first-order chi connectivity index (χ1) is 14.6. The Labute approximate surface area is 173 Å². The molecule has 1 saturated heterocycles. The van der Waals surface area contributed by atoms with Crippen LogP contribution in [-0.4, -0.2) is 53.3 Å². The maximum absolute atomic E-state index is 12.9. The van der Waals surface area contributed by atoms with Crippen LogP contribution in [0.3, 0.4) is 0 Å². The smallest absolute Gasteiger partial charge is 0.276 e. The summed E-state index contributed by atoms with van der Waals surface area (Å²) < 4.78 is 12.0. The zero-order chi connectivity index (χ0) is 21.1. The molecule has 0 saturated carbocycles. The molecule has 1 aromatic heterocycles. The Morgan fingerprint density at radius 3 is 2.77 bits per heavy atom. The number of hydrogen-bond acceptors (Lipinski definition) is 6. The SMILES string of the molecule is COc1ccc(Cn2nc(C(=O)NC3CCOC[C@@H]3O)c(=O)c3ccccc32)cc1. The van der Waals surface area contributed by atoms with Gasteiger partial charge >= 0.3 is 0 Å². The highest BCUT2D eigenvalue weighted by atomic mass is 16.5. The van der Waals surface area contributed by atoms with Gasteiger partial charge in [0.25, 0.3) is 5.91 Å². The van der Waals surface area contributed by atoms with Crippen molar-refractivity contribution in [3.63, 3.8) is 0 Å². The second-order valence-electron chi connectivity index (χ2n) is 7.21. The minimum absolute atomic E-state index is 0.151. The van der Waals surface area contributed by atoms with Crippen LogP contribution < -0.4 is 15.5 Å². The molecular formula is C22H23N3O5. The molecule has 156 valence electrons. The van der Waals surface area contributed by atoms with Crippen LogP contribution in [-0.2, 0) is 11.3 Å². The third-order valence-electron chi connectivity index (χ3n) is 5.21. The first kappa shape index (κ1) is 20.1. The summed E-state index contributed by atoms with van der Waals surface area (Å²) in [7, 11) is 1.60. The minimum atomic E-state index is -0.815.